The molecule has 1 saturated carbocycles. The van der Waals surface area contributed by atoms with Crippen molar-refractivity contribution in [2.75, 3.05) is 40.5 Å². The monoisotopic (exact) mass is 961 g/mol. The van der Waals surface area contributed by atoms with Gasteiger partial charge in [0.15, 0.2) is 5.54 Å². The molecule has 3 fully saturated rings. The number of carbonyl (C=O) groups excluding carboxylic acids is 4. The number of aryl methyl sites for hydroxylation is 1. The summed E-state index contributed by atoms with van der Waals surface area (Å²) in [7, 11) is 3.35. The molecule has 16 heteroatoms. The van der Waals surface area contributed by atoms with Crippen molar-refractivity contribution in [2.24, 2.45) is 17.3 Å². The number of aromatic nitrogens is 2. The molecule has 6 bridgehead atoms. The van der Waals surface area contributed by atoms with Gasteiger partial charge in [-0.3, -0.25) is 24.4 Å². The number of amides is 3. The summed E-state index contributed by atoms with van der Waals surface area (Å²) >= 11 is 1.45. The third kappa shape index (κ3) is 9.42. The highest BCUT2D eigenvalue weighted by Crippen LogP contribution is 2.48. The molecule has 4 aliphatic heterocycles. The Hall–Kier alpha value is -5.26. The molecule has 3 amide bonds. The lowest BCUT2D eigenvalue weighted by atomic mass is 9.83. The van der Waals surface area contributed by atoms with E-state index >= 15 is 4.79 Å². The summed E-state index contributed by atoms with van der Waals surface area (Å²) in [5.41, 5.74) is 8.52. The quantitative estimate of drug-likeness (QED) is 0.125. The van der Waals surface area contributed by atoms with Crippen LogP contribution in [-0.2, 0) is 52.8 Å². The van der Waals surface area contributed by atoms with Gasteiger partial charge in [0, 0.05) is 79.2 Å². The van der Waals surface area contributed by atoms with Crippen molar-refractivity contribution in [1.82, 2.24) is 35.5 Å². The van der Waals surface area contributed by atoms with E-state index in [-0.39, 0.29) is 61.3 Å². The number of thioether (sulfide) groups is 1. The number of aromatic hydroxyl groups is 1. The van der Waals surface area contributed by atoms with E-state index in [1.54, 1.807) is 32.5 Å². The van der Waals surface area contributed by atoms with Crippen LogP contribution in [0, 0.1) is 17.3 Å². The van der Waals surface area contributed by atoms with Gasteiger partial charge in [-0.15, -0.1) is 0 Å². The minimum atomic E-state index is -1.31. The number of nitrogens with zero attached hydrogens (tertiary/aromatic N) is 4. The van der Waals surface area contributed by atoms with Crippen molar-refractivity contribution in [1.29, 1.82) is 0 Å². The number of phenols is 1. The predicted octanol–water partition coefficient (Wildman–Crippen LogP) is 6.66. The lowest BCUT2D eigenvalue weighted by Crippen LogP contribution is -2.67. The molecule has 7 atom stereocenters. The Morgan fingerprint density at radius 1 is 1.10 bits per heavy atom. The molecule has 0 spiro atoms. The Labute approximate surface area is 409 Å². The number of benzene rings is 2. The number of fused-ring (bicyclic) bond motifs is 7. The van der Waals surface area contributed by atoms with Crippen LogP contribution >= 0.6 is 11.8 Å². The van der Waals surface area contributed by atoms with E-state index in [0.717, 1.165) is 55.9 Å². The van der Waals surface area contributed by atoms with Gasteiger partial charge in [0.05, 0.1) is 42.7 Å². The Kier molecular flexibility index (Phi) is 13.8. The van der Waals surface area contributed by atoms with Crippen LogP contribution in [0.4, 0.5) is 0 Å². The van der Waals surface area contributed by atoms with Gasteiger partial charge in [-0.05, 0) is 116 Å². The fourth-order valence-corrected chi connectivity index (χ4v) is 12.0. The first-order valence-corrected chi connectivity index (χ1v) is 25.4. The normalized spacial score (nSPS) is 25.6. The average Bonchev–Trinajstić information content (AvgIpc) is 4.05. The van der Waals surface area contributed by atoms with E-state index in [1.807, 2.05) is 44.4 Å². The van der Waals surface area contributed by atoms with Crippen molar-refractivity contribution in [3.8, 4) is 28.1 Å². The van der Waals surface area contributed by atoms with E-state index in [9.17, 15) is 19.5 Å². The highest BCUT2D eigenvalue weighted by molar-refractivity contribution is 8.12. The van der Waals surface area contributed by atoms with Gasteiger partial charge in [-0.2, -0.15) is 0 Å². The maximum Gasteiger partial charge on any atom is 0.333 e. The van der Waals surface area contributed by atoms with Crippen molar-refractivity contribution < 1.29 is 38.5 Å². The second-order valence-corrected chi connectivity index (χ2v) is 21.5. The van der Waals surface area contributed by atoms with Crippen LogP contribution in [-0.4, -0.2) is 118 Å². The molecule has 0 unspecified atom stereocenters. The van der Waals surface area contributed by atoms with Crippen molar-refractivity contribution >= 4 is 46.4 Å². The van der Waals surface area contributed by atoms with Crippen LogP contribution in [0.5, 0.6) is 5.75 Å². The molecule has 6 heterocycles. The molecule has 368 valence electrons. The first-order valence-electron chi connectivity index (χ1n) is 24.6. The maximum absolute atomic E-state index is 15.1. The molecule has 15 nitrogen and oxygen atoms in total. The molecule has 69 heavy (non-hydrogen) atoms. The van der Waals surface area contributed by atoms with E-state index in [0.29, 0.717) is 50.9 Å². The highest BCUT2D eigenvalue weighted by atomic mass is 32.2. The fraction of sp³-hybridized carbons (Fsp3) is 0.528. The van der Waals surface area contributed by atoms with Crippen molar-refractivity contribution in [3.05, 3.63) is 81.9 Å². The predicted molar refractivity (Wildman–Crippen MR) is 266 cm³/mol. The highest BCUT2D eigenvalue weighted by Gasteiger charge is 2.52. The summed E-state index contributed by atoms with van der Waals surface area (Å²) < 4.78 is 20.5. The Balaban J connectivity index is 1.14. The van der Waals surface area contributed by atoms with Crippen LogP contribution in [0.3, 0.4) is 0 Å². The van der Waals surface area contributed by atoms with Crippen molar-refractivity contribution in [3.63, 3.8) is 0 Å². The zero-order chi connectivity index (χ0) is 48.9. The van der Waals surface area contributed by atoms with Crippen LogP contribution in [0.2, 0.25) is 0 Å². The van der Waals surface area contributed by atoms with E-state index in [4.69, 9.17) is 19.2 Å². The minimum absolute atomic E-state index is 0.00682. The molecule has 2 saturated heterocycles. The smallest absolute Gasteiger partial charge is 0.333 e. The zero-order valence-corrected chi connectivity index (χ0v) is 41.9. The lowest BCUT2D eigenvalue weighted by Gasteiger charge is -2.42. The second kappa shape index (κ2) is 19.5. The van der Waals surface area contributed by atoms with Gasteiger partial charge >= 0.3 is 5.97 Å². The number of phenolic OH excluding ortho intramolecular Hbond substituents is 1. The van der Waals surface area contributed by atoms with Gasteiger partial charge in [-0.25, -0.2) is 10.2 Å². The maximum atomic E-state index is 15.1. The topological polar surface area (TPSA) is 177 Å². The number of carbonyl (C=O) groups is 4. The van der Waals surface area contributed by atoms with Gasteiger partial charge in [0.1, 0.15) is 17.8 Å². The Morgan fingerprint density at radius 3 is 2.64 bits per heavy atom. The molecular weight excluding hydrogens is 895 g/mol. The Morgan fingerprint density at radius 2 is 1.90 bits per heavy atom. The third-order valence-electron chi connectivity index (χ3n) is 14.9. The molecular formula is C53H67N7O8S. The molecule has 9 rings (SSSR count). The molecule has 1 aliphatic carbocycles. The number of ether oxygens (including phenoxy) is 3. The number of likely N-dealkylation sites (N-methyl/N-ethyl adjacent to an activating group) is 1. The first-order chi connectivity index (χ1) is 33.0. The van der Waals surface area contributed by atoms with Crippen LogP contribution in [0.1, 0.15) is 90.2 Å². The number of nitrogens with one attached hydrogen (secondary N) is 3. The fourth-order valence-electron chi connectivity index (χ4n) is 11.4. The largest absolute Gasteiger partial charge is 0.508 e. The average molecular weight is 962 g/mol. The van der Waals surface area contributed by atoms with Crippen molar-refractivity contribution in [2.45, 2.75) is 122 Å². The number of cyclic esters (lactones) is 1. The number of hydrogen-bond acceptors (Lipinski definition) is 12. The molecule has 0 radical (unpaired) electrons. The summed E-state index contributed by atoms with van der Waals surface area (Å²) in [6.45, 7) is 14.4. The van der Waals surface area contributed by atoms with E-state index in [1.165, 1.54) is 21.7 Å². The summed E-state index contributed by atoms with van der Waals surface area (Å²) in [4.78, 5) is 66.0. The zero-order valence-electron chi connectivity index (χ0n) is 41.1. The number of methoxy groups -OCH3 is 1. The number of pyridine rings is 1. The number of esters is 1. The van der Waals surface area contributed by atoms with Crippen LogP contribution in [0.15, 0.2) is 65.0 Å². The molecule has 4 N–H and O–H groups in total. The Bertz CT molecular complexity index is 2680. The number of hydrazine groups is 1. The van der Waals surface area contributed by atoms with E-state index in [2.05, 4.69) is 59.6 Å². The van der Waals surface area contributed by atoms with E-state index < -0.39 is 40.8 Å². The lowest BCUT2D eigenvalue weighted by molar-refractivity contribution is -0.160. The number of rotatable bonds is 10. The van der Waals surface area contributed by atoms with Crippen LogP contribution < -0.4 is 16.1 Å². The van der Waals surface area contributed by atoms with Gasteiger partial charge in [-0.1, -0.05) is 51.6 Å². The minimum Gasteiger partial charge on any atom is -0.508 e. The van der Waals surface area contributed by atoms with Crippen LogP contribution in [0.25, 0.3) is 33.3 Å². The summed E-state index contributed by atoms with van der Waals surface area (Å²) in [5.74, 6) is -2.19. The molecule has 4 aromatic rings. The SMILES string of the molecule is CCn1c(-c2cccnc2[C@H](C)OC)c2c3cc(ccc31)-c1cc(O)cc(c1)C[C@H](NC(=O)[C@H](C(C)C)N(C)C(=O)[C@H]1CC[C@H]3OCCN[C@@H]13)C(=O)N1CCC[C@@](C3=CS3)(N1)C(=O)OCC(C)(C)C2. The summed E-state index contributed by atoms with van der Waals surface area (Å²) in [5, 5.41) is 22.4. The molecule has 2 aromatic carbocycles. The third-order valence-corrected chi connectivity index (χ3v) is 15.7. The summed E-state index contributed by atoms with van der Waals surface area (Å²) in [6.07, 6.45) is 4.31. The second-order valence-electron chi connectivity index (χ2n) is 20.6. The van der Waals surface area contributed by atoms with Gasteiger partial charge < -0.3 is 39.4 Å². The number of morpholine rings is 1. The number of hydrogen-bond donors (Lipinski definition) is 4. The molecule has 5 aliphatic rings. The summed E-state index contributed by atoms with van der Waals surface area (Å²) in [6, 6.07) is 13.4. The first kappa shape index (κ1) is 48.8. The molecule has 2 aromatic heterocycles. The standard InChI is InChI=1S/C53H67N7O8S/c1-9-59-41-15-13-33-26-38(41)39(47(59)36-12-10-18-54-44(36)31(4)66-8)27-52(5,6)29-68-51(65)53(43-28-69-43)17-11-20-60(57-53)50(64)40(24-32-22-34(33)25-35(61)23-32)56-48(62)46(30(2)3)58(7)49(63)37-14-16-42-45(37)55-19-21-67-42/h10,12-13,15,18,22-23,25-26,28,30-31,37,40,42,45-46,55,57,61H,9,11,14,16-17,19-21,24,27,29H2,1-8H3,(H,56,62)/t31-,37-,40-,42+,45-,46-,53-/m0/s1. The van der Waals surface area contributed by atoms with Gasteiger partial charge in [0.2, 0.25) is 11.8 Å². The van der Waals surface area contributed by atoms with Gasteiger partial charge in [0.25, 0.3) is 5.91 Å².